The van der Waals surface area contributed by atoms with Crippen LogP contribution in [0.5, 0.6) is 0 Å². The molecule has 0 radical (unpaired) electrons. The molecular weight excluding hydrogens is 322 g/mol. The number of benzene rings is 1. The molecule has 0 saturated carbocycles. The van der Waals surface area contributed by atoms with Crippen LogP contribution in [-0.2, 0) is 11.2 Å². The lowest BCUT2D eigenvalue weighted by Crippen LogP contribution is -2.20. The zero-order valence-corrected chi connectivity index (χ0v) is 13.6. The molecule has 0 bridgehead atoms. The molecule has 19 heavy (non-hydrogen) atoms. The summed E-state index contributed by atoms with van der Waals surface area (Å²) in [6, 6.07) is 6.04. The van der Waals surface area contributed by atoms with Crippen molar-refractivity contribution < 1.29 is 4.79 Å². The van der Waals surface area contributed by atoms with Crippen LogP contribution in [-0.4, -0.2) is 17.4 Å². The van der Waals surface area contributed by atoms with Crippen molar-refractivity contribution in [1.29, 1.82) is 0 Å². The molecule has 0 aliphatic carbocycles. The summed E-state index contributed by atoms with van der Waals surface area (Å²) < 4.78 is 1.06. The number of carbonyl (C=O) groups excluding carboxylic acids is 1. The van der Waals surface area contributed by atoms with Crippen molar-refractivity contribution >= 4 is 39.3 Å². The van der Waals surface area contributed by atoms with Crippen LogP contribution in [0.1, 0.15) is 31.7 Å². The number of halogens is 1. The Bertz CT molecular complexity index is 444. The van der Waals surface area contributed by atoms with Crippen molar-refractivity contribution in [3.8, 4) is 0 Å². The number of amides is 1. The van der Waals surface area contributed by atoms with E-state index in [1.165, 1.54) is 29.9 Å². The first-order valence-electron chi connectivity index (χ1n) is 6.85. The molecule has 1 heterocycles. The average Bonchev–Trinajstić information content (AvgIpc) is 2.42. The number of anilines is 1. The van der Waals surface area contributed by atoms with Gasteiger partial charge in [-0.25, -0.2) is 0 Å². The second-order valence-corrected chi connectivity index (χ2v) is 7.10. The lowest BCUT2D eigenvalue weighted by molar-refractivity contribution is -0.117. The van der Waals surface area contributed by atoms with E-state index in [-0.39, 0.29) is 5.91 Å². The smallest absolute Gasteiger partial charge is 0.224 e. The summed E-state index contributed by atoms with van der Waals surface area (Å²) in [5.74, 6) is 3.14. The first-order valence-corrected chi connectivity index (χ1v) is 8.80. The summed E-state index contributed by atoms with van der Waals surface area (Å²) in [5, 5.41) is 3.07. The van der Waals surface area contributed by atoms with E-state index in [9.17, 15) is 4.79 Å². The topological polar surface area (TPSA) is 29.1 Å². The quantitative estimate of drug-likeness (QED) is 0.874. The Morgan fingerprint density at radius 2 is 2.16 bits per heavy atom. The standard InChI is InChI=1S/C15H20BrNOS/c1-2-12-10-13(16)3-4-14(12)17-15(18)9-11-5-7-19-8-6-11/h3-4,10-11H,2,5-9H2,1H3,(H,17,18). The summed E-state index contributed by atoms with van der Waals surface area (Å²) in [6.07, 6.45) is 3.95. The third-order valence-electron chi connectivity index (χ3n) is 3.54. The lowest BCUT2D eigenvalue weighted by atomic mass is 9.98. The number of rotatable bonds is 4. The number of nitrogens with one attached hydrogen (secondary N) is 1. The lowest BCUT2D eigenvalue weighted by Gasteiger charge is -2.21. The monoisotopic (exact) mass is 341 g/mol. The maximum absolute atomic E-state index is 12.1. The van der Waals surface area contributed by atoms with Gasteiger partial charge in [0.1, 0.15) is 0 Å². The minimum absolute atomic E-state index is 0.161. The van der Waals surface area contributed by atoms with Crippen molar-refractivity contribution in [3.63, 3.8) is 0 Å². The predicted molar refractivity (Wildman–Crippen MR) is 86.8 cm³/mol. The summed E-state index contributed by atoms with van der Waals surface area (Å²) in [4.78, 5) is 12.1. The summed E-state index contributed by atoms with van der Waals surface area (Å²) >= 11 is 5.47. The van der Waals surface area contributed by atoms with Gasteiger partial charge in [-0.3, -0.25) is 4.79 Å². The average molecular weight is 342 g/mol. The number of thioether (sulfide) groups is 1. The minimum atomic E-state index is 0.161. The zero-order valence-electron chi connectivity index (χ0n) is 11.2. The van der Waals surface area contributed by atoms with E-state index in [0.717, 1.165) is 16.6 Å². The van der Waals surface area contributed by atoms with Gasteiger partial charge in [-0.05, 0) is 60.4 Å². The SMILES string of the molecule is CCc1cc(Br)ccc1NC(=O)CC1CCSCC1. The van der Waals surface area contributed by atoms with Crippen molar-refractivity contribution in [3.05, 3.63) is 28.2 Å². The summed E-state index contributed by atoms with van der Waals surface area (Å²) in [5.41, 5.74) is 2.14. The Hall–Kier alpha value is -0.480. The van der Waals surface area contributed by atoms with Gasteiger partial charge < -0.3 is 5.32 Å². The molecular formula is C15H20BrNOS. The molecule has 1 amide bonds. The normalized spacial score (nSPS) is 16.3. The fourth-order valence-corrected chi connectivity index (χ4v) is 4.00. The molecule has 0 atom stereocenters. The van der Waals surface area contributed by atoms with E-state index in [1.54, 1.807) is 0 Å². The molecule has 0 unspecified atom stereocenters. The van der Waals surface area contributed by atoms with E-state index >= 15 is 0 Å². The Balaban J connectivity index is 1.94. The Morgan fingerprint density at radius 1 is 1.42 bits per heavy atom. The minimum Gasteiger partial charge on any atom is -0.326 e. The number of carbonyl (C=O) groups is 1. The molecule has 1 saturated heterocycles. The van der Waals surface area contributed by atoms with Gasteiger partial charge in [0.05, 0.1) is 0 Å². The third-order valence-corrected chi connectivity index (χ3v) is 5.08. The highest BCUT2D eigenvalue weighted by Crippen LogP contribution is 2.26. The molecule has 2 nitrogen and oxygen atoms in total. The highest BCUT2D eigenvalue weighted by Gasteiger charge is 2.17. The van der Waals surface area contributed by atoms with Crippen LogP contribution in [0.4, 0.5) is 5.69 Å². The first-order chi connectivity index (χ1) is 9.19. The van der Waals surface area contributed by atoms with Gasteiger partial charge in [-0.2, -0.15) is 11.8 Å². The zero-order chi connectivity index (χ0) is 13.7. The maximum Gasteiger partial charge on any atom is 0.224 e. The van der Waals surface area contributed by atoms with Crippen molar-refractivity contribution in [2.75, 3.05) is 16.8 Å². The highest BCUT2D eigenvalue weighted by atomic mass is 79.9. The molecule has 104 valence electrons. The molecule has 4 heteroatoms. The van der Waals surface area contributed by atoms with Crippen LogP contribution in [0.2, 0.25) is 0 Å². The molecule has 1 aliphatic rings. The van der Waals surface area contributed by atoms with Gasteiger partial charge in [0.25, 0.3) is 0 Å². The van der Waals surface area contributed by atoms with Crippen LogP contribution < -0.4 is 5.32 Å². The van der Waals surface area contributed by atoms with E-state index in [4.69, 9.17) is 0 Å². The molecule has 1 aromatic carbocycles. The third kappa shape index (κ3) is 4.53. The fraction of sp³-hybridized carbons (Fsp3) is 0.533. The highest BCUT2D eigenvalue weighted by molar-refractivity contribution is 9.10. The van der Waals surface area contributed by atoms with Crippen LogP contribution in [0.3, 0.4) is 0 Å². The Kier molecular flexibility index (Phi) is 5.76. The second-order valence-electron chi connectivity index (χ2n) is 4.96. The van der Waals surface area contributed by atoms with Gasteiger partial charge in [0.15, 0.2) is 0 Å². The Labute approximate surface area is 127 Å². The van der Waals surface area contributed by atoms with Gasteiger partial charge in [0, 0.05) is 16.6 Å². The predicted octanol–water partition coefficient (Wildman–Crippen LogP) is 4.48. The number of hydrogen-bond acceptors (Lipinski definition) is 2. The Morgan fingerprint density at radius 3 is 2.84 bits per heavy atom. The fourth-order valence-electron chi connectivity index (χ4n) is 2.39. The van der Waals surface area contributed by atoms with Crippen LogP contribution in [0.25, 0.3) is 0 Å². The maximum atomic E-state index is 12.1. The van der Waals surface area contributed by atoms with Crippen LogP contribution in [0.15, 0.2) is 22.7 Å². The van der Waals surface area contributed by atoms with Crippen LogP contribution >= 0.6 is 27.7 Å². The molecule has 0 spiro atoms. The summed E-state index contributed by atoms with van der Waals surface area (Å²) in [7, 11) is 0. The van der Waals surface area contributed by atoms with Crippen molar-refractivity contribution in [2.24, 2.45) is 5.92 Å². The van der Waals surface area contributed by atoms with Gasteiger partial charge in [0.2, 0.25) is 5.91 Å². The molecule has 2 rings (SSSR count). The summed E-state index contributed by atoms with van der Waals surface area (Å²) in [6.45, 7) is 2.11. The molecule has 1 fully saturated rings. The second kappa shape index (κ2) is 7.34. The molecule has 0 aromatic heterocycles. The molecule has 1 aromatic rings. The van der Waals surface area contributed by atoms with Crippen LogP contribution in [0, 0.1) is 5.92 Å². The van der Waals surface area contributed by atoms with E-state index in [0.29, 0.717) is 12.3 Å². The van der Waals surface area contributed by atoms with E-state index < -0.39 is 0 Å². The molecule has 1 aliphatic heterocycles. The van der Waals surface area contributed by atoms with Crippen molar-refractivity contribution in [2.45, 2.75) is 32.6 Å². The van der Waals surface area contributed by atoms with Gasteiger partial charge in [-0.15, -0.1) is 0 Å². The van der Waals surface area contributed by atoms with Crippen molar-refractivity contribution in [1.82, 2.24) is 0 Å². The van der Waals surface area contributed by atoms with Gasteiger partial charge in [-0.1, -0.05) is 22.9 Å². The molecule has 1 N–H and O–H groups in total. The number of hydrogen-bond donors (Lipinski definition) is 1. The van der Waals surface area contributed by atoms with Gasteiger partial charge >= 0.3 is 0 Å². The van der Waals surface area contributed by atoms with E-state index in [2.05, 4.69) is 34.2 Å². The van der Waals surface area contributed by atoms with E-state index in [1.807, 2.05) is 23.9 Å². The largest absolute Gasteiger partial charge is 0.326 e. The first kappa shape index (κ1) is 14.9. The number of aryl methyl sites for hydroxylation is 1.